The van der Waals surface area contributed by atoms with Crippen LogP contribution in [0.3, 0.4) is 0 Å². The maximum atomic E-state index is 13.0. The summed E-state index contributed by atoms with van der Waals surface area (Å²) in [6, 6.07) is 3.39. The SMILES string of the molecule is O=C(Nc1sc2c(c1C(=O)Nc1nccs1)CCCCC2)c1ccc(Cl)s1. The topological polar surface area (TPSA) is 71.1 Å². The Morgan fingerprint density at radius 3 is 2.63 bits per heavy atom. The van der Waals surface area contributed by atoms with Gasteiger partial charge in [0.2, 0.25) is 0 Å². The van der Waals surface area contributed by atoms with Crippen molar-refractivity contribution >= 4 is 67.6 Å². The molecule has 0 saturated heterocycles. The largest absolute Gasteiger partial charge is 0.312 e. The first kappa shape index (κ1) is 18.6. The summed E-state index contributed by atoms with van der Waals surface area (Å²) in [4.78, 5) is 31.4. The van der Waals surface area contributed by atoms with Crippen molar-refractivity contribution in [3.8, 4) is 0 Å². The molecule has 0 unspecified atom stereocenters. The zero-order chi connectivity index (χ0) is 18.8. The van der Waals surface area contributed by atoms with Crippen molar-refractivity contribution in [1.29, 1.82) is 0 Å². The second kappa shape index (κ2) is 8.10. The highest BCUT2D eigenvalue weighted by atomic mass is 35.5. The normalized spacial score (nSPS) is 13.7. The number of amides is 2. The molecule has 2 amide bonds. The Hall–Kier alpha value is -1.74. The highest BCUT2D eigenvalue weighted by Crippen LogP contribution is 2.38. The Kier molecular flexibility index (Phi) is 5.58. The van der Waals surface area contributed by atoms with Crippen LogP contribution in [0, 0.1) is 0 Å². The number of carbonyl (C=O) groups excluding carboxylic acids is 2. The maximum absolute atomic E-state index is 13.0. The van der Waals surface area contributed by atoms with Gasteiger partial charge in [-0.25, -0.2) is 4.98 Å². The number of carbonyl (C=O) groups is 2. The van der Waals surface area contributed by atoms with Crippen LogP contribution in [0.25, 0.3) is 0 Å². The number of rotatable bonds is 4. The molecular formula is C18H16ClN3O2S3. The van der Waals surface area contributed by atoms with E-state index in [1.54, 1.807) is 18.3 Å². The third-order valence-electron chi connectivity index (χ3n) is 4.33. The van der Waals surface area contributed by atoms with Crippen LogP contribution in [0.2, 0.25) is 4.34 Å². The lowest BCUT2D eigenvalue weighted by molar-refractivity contribution is 0.102. The molecule has 0 fully saturated rings. The number of hydrogen-bond donors (Lipinski definition) is 2. The minimum atomic E-state index is -0.244. The number of nitrogens with zero attached hydrogens (tertiary/aromatic N) is 1. The molecule has 0 saturated carbocycles. The Morgan fingerprint density at radius 1 is 1.04 bits per heavy atom. The number of thiophene rings is 2. The second-order valence-corrected chi connectivity index (χ2v) is 9.83. The smallest absolute Gasteiger partial charge is 0.266 e. The maximum Gasteiger partial charge on any atom is 0.266 e. The van der Waals surface area contributed by atoms with Gasteiger partial charge in [0, 0.05) is 16.5 Å². The molecule has 4 rings (SSSR count). The summed E-state index contributed by atoms with van der Waals surface area (Å²) in [7, 11) is 0. The van der Waals surface area contributed by atoms with Crippen LogP contribution < -0.4 is 10.6 Å². The quantitative estimate of drug-likeness (QED) is 0.515. The highest BCUT2D eigenvalue weighted by molar-refractivity contribution is 7.19. The van der Waals surface area contributed by atoms with E-state index in [0.29, 0.717) is 24.9 Å². The molecule has 1 aliphatic carbocycles. The van der Waals surface area contributed by atoms with E-state index in [1.165, 1.54) is 38.9 Å². The molecule has 1 aliphatic rings. The number of halogens is 1. The van der Waals surface area contributed by atoms with Gasteiger partial charge < -0.3 is 5.32 Å². The summed E-state index contributed by atoms with van der Waals surface area (Å²) in [6.07, 6.45) is 6.76. The van der Waals surface area contributed by atoms with E-state index in [0.717, 1.165) is 37.7 Å². The van der Waals surface area contributed by atoms with E-state index in [-0.39, 0.29) is 11.8 Å². The van der Waals surface area contributed by atoms with Crippen molar-refractivity contribution in [1.82, 2.24) is 4.98 Å². The van der Waals surface area contributed by atoms with Gasteiger partial charge in [0.05, 0.1) is 14.8 Å². The molecule has 2 N–H and O–H groups in total. The van der Waals surface area contributed by atoms with Crippen molar-refractivity contribution in [2.24, 2.45) is 0 Å². The predicted octanol–water partition coefficient (Wildman–Crippen LogP) is 5.69. The second-order valence-electron chi connectivity index (χ2n) is 6.12. The van der Waals surface area contributed by atoms with Gasteiger partial charge in [-0.2, -0.15) is 0 Å². The van der Waals surface area contributed by atoms with Crippen molar-refractivity contribution in [3.05, 3.63) is 48.9 Å². The van der Waals surface area contributed by atoms with Crippen LogP contribution in [-0.4, -0.2) is 16.8 Å². The molecule has 0 spiro atoms. The van der Waals surface area contributed by atoms with Gasteiger partial charge in [0.1, 0.15) is 5.00 Å². The van der Waals surface area contributed by atoms with Crippen LogP contribution in [0.1, 0.15) is 49.7 Å². The van der Waals surface area contributed by atoms with Crippen LogP contribution in [0.15, 0.2) is 23.7 Å². The summed E-state index contributed by atoms with van der Waals surface area (Å²) in [5.41, 5.74) is 1.63. The van der Waals surface area contributed by atoms with Crippen molar-refractivity contribution < 1.29 is 9.59 Å². The van der Waals surface area contributed by atoms with Crippen molar-refractivity contribution in [2.75, 3.05) is 10.6 Å². The number of fused-ring (bicyclic) bond motifs is 1. The zero-order valence-electron chi connectivity index (χ0n) is 14.2. The minimum Gasteiger partial charge on any atom is -0.312 e. The lowest BCUT2D eigenvalue weighted by Gasteiger charge is -2.08. The first-order chi connectivity index (χ1) is 13.1. The van der Waals surface area contributed by atoms with Crippen LogP contribution in [0.4, 0.5) is 10.1 Å². The van der Waals surface area contributed by atoms with E-state index in [4.69, 9.17) is 11.6 Å². The number of thiazole rings is 1. The first-order valence-electron chi connectivity index (χ1n) is 8.54. The van der Waals surface area contributed by atoms with E-state index in [2.05, 4.69) is 15.6 Å². The van der Waals surface area contributed by atoms with Crippen molar-refractivity contribution in [3.63, 3.8) is 0 Å². The lowest BCUT2D eigenvalue weighted by Crippen LogP contribution is -2.17. The molecule has 3 aromatic rings. The molecule has 0 atom stereocenters. The third-order valence-corrected chi connectivity index (χ3v) is 7.45. The molecule has 27 heavy (non-hydrogen) atoms. The summed E-state index contributed by atoms with van der Waals surface area (Å²) in [5, 5.41) is 8.76. The van der Waals surface area contributed by atoms with E-state index < -0.39 is 0 Å². The fraction of sp³-hybridized carbons (Fsp3) is 0.278. The Morgan fingerprint density at radius 2 is 1.89 bits per heavy atom. The molecular weight excluding hydrogens is 422 g/mol. The number of anilines is 2. The monoisotopic (exact) mass is 437 g/mol. The fourth-order valence-electron chi connectivity index (χ4n) is 3.12. The standard InChI is InChI=1S/C18H16ClN3O2S3/c19-13-7-6-12(26-13)15(23)21-17-14(16(24)22-18-20-8-9-25-18)10-4-2-1-3-5-11(10)27-17/h6-9H,1-5H2,(H,21,23)(H,20,22,24). The average molecular weight is 438 g/mol. The summed E-state index contributed by atoms with van der Waals surface area (Å²) >= 11 is 10.0. The number of aryl methyl sites for hydroxylation is 1. The Bertz CT molecular complexity index is 978. The predicted molar refractivity (Wildman–Crippen MR) is 113 cm³/mol. The van der Waals surface area contributed by atoms with Crippen LogP contribution >= 0.6 is 45.6 Å². The number of hydrogen-bond acceptors (Lipinski definition) is 6. The molecule has 3 aromatic heterocycles. The first-order valence-corrected chi connectivity index (χ1v) is 11.4. The number of nitrogens with one attached hydrogen (secondary N) is 2. The van der Waals surface area contributed by atoms with Gasteiger partial charge in [-0.1, -0.05) is 18.0 Å². The highest BCUT2D eigenvalue weighted by Gasteiger charge is 2.26. The molecule has 0 aliphatic heterocycles. The van der Waals surface area contributed by atoms with Gasteiger partial charge >= 0.3 is 0 Å². The minimum absolute atomic E-state index is 0.219. The molecule has 3 heterocycles. The van der Waals surface area contributed by atoms with E-state index in [9.17, 15) is 9.59 Å². The van der Waals surface area contributed by atoms with Crippen LogP contribution in [-0.2, 0) is 12.8 Å². The zero-order valence-corrected chi connectivity index (χ0v) is 17.4. The molecule has 0 bridgehead atoms. The molecule has 9 heteroatoms. The lowest BCUT2D eigenvalue weighted by atomic mass is 10.0. The number of aromatic nitrogens is 1. The summed E-state index contributed by atoms with van der Waals surface area (Å²) < 4.78 is 0.559. The van der Waals surface area contributed by atoms with Gasteiger partial charge in [-0.3, -0.25) is 14.9 Å². The molecule has 5 nitrogen and oxygen atoms in total. The Balaban J connectivity index is 1.67. The summed E-state index contributed by atoms with van der Waals surface area (Å²) in [5.74, 6) is -0.463. The fourth-order valence-corrected chi connectivity index (χ4v) is 5.86. The third kappa shape index (κ3) is 4.08. The molecule has 0 aromatic carbocycles. The molecule has 140 valence electrons. The summed E-state index contributed by atoms with van der Waals surface area (Å²) in [6.45, 7) is 0. The average Bonchev–Trinajstić information content (AvgIpc) is 3.33. The van der Waals surface area contributed by atoms with Gasteiger partial charge in [-0.15, -0.1) is 34.0 Å². The van der Waals surface area contributed by atoms with Gasteiger partial charge in [0.15, 0.2) is 5.13 Å². The van der Waals surface area contributed by atoms with E-state index >= 15 is 0 Å². The van der Waals surface area contributed by atoms with Crippen LogP contribution in [0.5, 0.6) is 0 Å². The van der Waals surface area contributed by atoms with E-state index in [1.807, 2.05) is 5.38 Å². The van der Waals surface area contributed by atoms with Crippen molar-refractivity contribution in [2.45, 2.75) is 32.1 Å². The molecule has 0 radical (unpaired) electrons. The Labute approximate surface area is 173 Å². The van der Waals surface area contributed by atoms with Gasteiger partial charge in [0.25, 0.3) is 11.8 Å². The van der Waals surface area contributed by atoms with Gasteiger partial charge in [-0.05, 0) is 43.4 Å².